The molecule has 1 atom stereocenters. The molecule has 0 aromatic carbocycles. The number of aryl methyl sites for hydroxylation is 1. The van der Waals surface area contributed by atoms with Crippen LogP contribution in [0.2, 0.25) is 0 Å². The van der Waals surface area contributed by atoms with Crippen molar-refractivity contribution in [1.82, 2.24) is 9.88 Å². The van der Waals surface area contributed by atoms with Gasteiger partial charge in [-0.15, -0.1) is 0 Å². The number of likely N-dealkylation sites (tertiary alicyclic amines) is 1. The summed E-state index contributed by atoms with van der Waals surface area (Å²) in [6.45, 7) is 5.10. The second-order valence-electron chi connectivity index (χ2n) is 6.98. The lowest BCUT2D eigenvalue weighted by molar-refractivity contribution is -0.118. The number of H-pyrrole nitrogens is 1. The van der Waals surface area contributed by atoms with E-state index in [0.29, 0.717) is 49.3 Å². The van der Waals surface area contributed by atoms with Gasteiger partial charge in [0.15, 0.2) is 0 Å². The number of carbonyl (C=O) groups is 3. The van der Waals surface area contributed by atoms with E-state index in [2.05, 4.69) is 4.98 Å². The van der Waals surface area contributed by atoms with Crippen LogP contribution in [-0.4, -0.2) is 47.9 Å². The molecule has 0 saturated carbocycles. The number of aromatic amines is 1. The van der Waals surface area contributed by atoms with Crippen molar-refractivity contribution in [2.75, 3.05) is 20.2 Å². The van der Waals surface area contributed by atoms with Gasteiger partial charge in [0.25, 0.3) is 5.91 Å². The third kappa shape index (κ3) is 4.45. The zero-order chi connectivity index (χ0) is 19.3. The number of primary amides is 1. The maximum Gasteiger partial charge on any atom is 0.339 e. The summed E-state index contributed by atoms with van der Waals surface area (Å²) in [5, 5.41) is 0. The van der Waals surface area contributed by atoms with E-state index in [-0.39, 0.29) is 17.7 Å². The zero-order valence-corrected chi connectivity index (χ0v) is 15.9. The molecule has 0 bridgehead atoms. The average Bonchev–Trinajstić information content (AvgIpc) is 2.95. The van der Waals surface area contributed by atoms with E-state index in [9.17, 15) is 14.4 Å². The van der Waals surface area contributed by atoms with Crippen LogP contribution in [0, 0.1) is 12.8 Å². The number of carbonyl (C=O) groups excluding carboxylic acids is 3. The highest BCUT2D eigenvalue weighted by atomic mass is 16.5. The van der Waals surface area contributed by atoms with Gasteiger partial charge in [0.2, 0.25) is 5.91 Å². The van der Waals surface area contributed by atoms with Gasteiger partial charge in [0, 0.05) is 25.2 Å². The van der Waals surface area contributed by atoms with Crippen LogP contribution in [0.25, 0.3) is 0 Å². The number of rotatable bonds is 7. The lowest BCUT2D eigenvalue weighted by Crippen LogP contribution is -2.40. The van der Waals surface area contributed by atoms with Gasteiger partial charge >= 0.3 is 5.97 Å². The SMILES string of the molecule is CCCc1c(C(=O)N2CCCC(CCC(N)=O)C2)[nH]c(C)c1C(=O)OC. The molecule has 144 valence electrons. The molecule has 2 heterocycles. The quantitative estimate of drug-likeness (QED) is 0.724. The molecular formula is C19H29N3O4. The molecule has 1 aromatic rings. The van der Waals surface area contributed by atoms with Gasteiger partial charge in [-0.25, -0.2) is 4.79 Å². The first kappa shape index (κ1) is 20.0. The molecule has 26 heavy (non-hydrogen) atoms. The lowest BCUT2D eigenvalue weighted by atomic mass is 9.93. The van der Waals surface area contributed by atoms with Gasteiger partial charge < -0.3 is 20.4 Å². The molecule has 1 aliphatic rings. The van der Waals surface area contributed by atoms with Gasteiger partial charge in [0.05, 0.1) is 12.7 Å². The maximum atomic E-state index is 13.1. The van der Waals surface area contributed by atoms with Crippen molar-refractivity contribution in [2.24, 2.45) is 11.7 Å². The molecule has 0 aliphatic carbocycles. The Morgan fingerprint density at radius 1 is 1.35 bits per heavy atom. The molecular weight excluding hydrogens is 334 g/mol. The van der Waals surface area contributed by atoms with Crippen LogP contribution in [0.15, 0.2) is 0 Å². The number of nitrogens with two attached hydrogens (primary N) is 1. The van der Waals surface area contributed by atoms with E-state index in [0.717, 1.165) is 24.8 Å². The predicted molar refractivity (Wildman–Crippen MR) is 97.9 cm³/mol. The largest absolute Gasteiger partial charge is 0.465 e. The van der Waals surface area contributed by atoms with Gasteiger partial charge in [-0.1, -0.05) is 13.3 Å². The van der Waals surface area contributed by atoms with E-state index in [1.165, 1.54) is 7.11 Å². The number of nitrogens with zero attached hydrogens (tertiary/aromatic N) is 1. The van der Waals surface area contributed by atoms with Crippen LogP contribution in [-0.2, 0) is 16.0 Å². The highest BCUT2D eigenvalue weighted by Crippen LogP contribution is 2.26. The summed E-state index contributed by atoms with van der Waals surface area (Å²) in [6.07, 6.45) is 4.41. The van der Waals surface area contributed by atoms with Crippen LogP contribution in [0.1, 0.15) is 71.1 Å². The second-order valence-corrected chi connectivity index (χ2v) is 6.98. The summed E-state index contributed by atoms with van der Waals surface area (Å²) in [5.74, 6) is -0.526. The van der Waals surface area contributed by atoms with E-state index < -0.39 is 5.97 Å². The minimum atomic E-state index is -0.417. The lowest BCUT2D eigenvalue weighted by Gasteiger charge is -2.32. The first-order valence-electron chi connectivity index (χ1n) is 9.26. The number of esters is 1. The van der Waals surface area contributed by atoms with Crippen LogP contribution in [0.5, 0.6) is 0 Å². The fourth-order valence-electron chi connectivity index (χ4n) is 3.73. The standard InChI is InChI=1S/C19H29N3O4/c1-4-6-14-16(19(25)26-3)12(2)21-17(14)18(24)22-10-5-7-13(11-22)8-9-15(20)23/h13,21H,4-11H2,1-3H3,(H2,20,23). The molecule has 0 radical (unpaired) electrons. The van der Waals surface area contributed by atoms with E-state index in [4.69, 9.17) is 10.5 Å². The van der Waals surface area contributed by atoms with E-state index in [1.54, 1.807) is 6.92 Å². The van der Waals surface area contributed by atoms with Crippen LogP contribution in [0.3, 0.4) is 0 Å². The third-order valence-corrected chi connectivity index (χ3v) is 5.00. The van der Waals surface area contributed by atoms with Gasteiger partial charge in [-0.2, -0.15) is 0 Å². The molecule has 1 saturated heterocycles. The monoisotopic (exact) mass is 363 g/mol. The first-order chi connectivity index (χ1) is 12.4. The van der Waals surface area contributed by atoms with E-state index in [1.807, 2.05) is 11.8 Å². The van der Waals surface area contributed by atoms with Crippen LogP contribution >= 0.6 is 0 Å². The maximum absolute atomic E-state index is 13.1. The number of aromatic nitrogens is 1. The van der Waals surface area contributed by atoms with Gasteiger partial charge in [-0.3, -0.25) is 9.59 Å². The molecule has 2 amide bonds. The van der Waals surface area contributed by atoms with Crippen LogP contribution in [0.4, 0.5) is 0 Å². The molecule has 7 nitrogen and oxygen atoms in total. The second kappa shape index (κ2) is 8.87. The fourth-order valence-corrected chi connectivity index (χ4v) is 3.73. The Bertz CT molecular complexity index is 681. The Kier molecular flexibility index (Phi) is 6.83. The number of ether oxygens (including phenoxy) is 1. The minimum Gasteiger partial charge on any atom is -0.465 e. The molecule has 0 spiro atoms. The Morgan fingerprint density at radius 3 is 2.69 bits per heavy atom. The van der Waals surface area contributed by atoms with Crippen LogP contribution < -0.4 is 5.73 Å². The molecule has 1 aliphatic heterocycles. The minimum absolute atomic E-state index is 0.0875. The highest BCUT2D eigenvalue weighted by molar-refractivity contribution is 6.00. The number of nitrogens with one attached hydrogen (secondary N) is 1. The summed E-state index contributed by atoms with van der Waals surface area (Å²) in [6, 6.07) is 0. The Labute approximate surface area is 154 Å². The fraction of sp³-hybridized carbons (Fsp3) is 0.632. The smallest absolute Gasteiger partial charge is 0.339 e. The summed E-state index contributed by atoms with van der Waals surface area (Å²) in [5.41, 5.74) is 7.59. The van der Waals surface area contributed by atoms with Crippen molar-refractivity contribution in [3.05, 3.63) is 22.5 Å². The van der Waals surface area contributed by atoms with Crippen molar-refractivity contribution in [2.45, 2.75) is 52.4 Å². The van der Waals surface area contributed by atoms with E-state index >= 15 is 0 Å². The Hall–Kier alpha value is -2.31. The number of methoxy groups -OCH3 is 1. The van der Waals surface area contributed by atoms with Crippen molar-refractivity contribution in [3.8, 4) is 0 Å². The number of piperidine rings is 1. The Balaban J connectivity index is 2.22. The van der Waals surface area contributed by atoms with Crippen molar-refractivity contribution < 1.29 is 19.1 Å². The molecule has 1 fully saturated rings. The highest BCUT2D eigenvalue weighted by Gasteiger charge is 2.30. The summed E-state index contributed by atoms with van der Waals surface area (Å²) >= 11 is 0. The topological polar surface area (TPSA) is 105 Å². The summed E-state index contributed by atoms with van der Waals surface area (Å²) < 4.78 is 4.89. The molecule has 3 N–H and O–H groups in total. The molecule has 1 unspecified atom stereocenters. The van der Waals surface area contributed by atoms with Crippen molar-refractivity contribution in [1.29, 1.82) is 0 Å². The predicted octanol–water partition coefficient (Wildman–Crippen LogP) is 2.18. The molecule has 1 aromatic heterocycles. The number of hydrogen-bond acceptors (Lipinski definition) is 4. The normalized spacial score (nSPS) is 17.2. The molecule has 7 heteroatoms. The van der Waals surface area contributed by atoms with Crippen molar-refractivity contribution >= 4 is 17.8 Å². The van der Waals surface area contributed by atoms with Gasteiger partial charge in [-0.05, 0) is 44.1 Å². The molecule has 2 rings (SSSR count). The van der Waals surface area contributed by atoms with Gasteiger partial charge in [0.1, 0.15) is 5.69 Å². The third-order valence-electron chi connectivity index (χ3n) is 5.00. The zero-order valence-electron chi connectivity index (χ0n) is 15.9. The first-order valence-corrected chi connectivity index (χ1v) is 9.26. The number of amides is 2. The average molecular weight is 363 g/mol. The number of hydrogen-bond donors (Lipinski definition) is 2. The Morgan fingerprint density at radius 2 is 2.08 bits per heavy atom. The van der Waals surface area contributed by atoms with Crippen molar-refractivity contribution in [3.63, 3.8) is 0 Å². The summed E-state index contributed by atoms with van der Waals surface area (Å²) in [4.78, 5) is 41.2. The summed E-state index contributed by atoms with van der Waals surface area (Å²) in [7, 11) is 1.35.